The SMILES string of the molecule is CCNC(=NCC1(c2cccc(Cl)c2)CCOCC1)N(C)Cc1cccn1C. The standard InChI is InChI=1S/C22H31ClN4O/c1-4-24-21(27(3)16-20-9-6-12-26(20)2)25-17-22(10-13-28-14-11-22)18-7-5-8-19(23)15-18/h5-9,12,15H,4,10-11,13-14,16-17H2,1-3H3,(H,24,25). The van der Waals surface area contributed by atoms with Crippen LogP contribution in [0.25, 0.3) is 0 Å². The van der Waals surface area contributed by atoms with E-state index in [1.54, 1.807) is 0 Å². The summed E-state index contributed by atoms with van der Waals surface area (Å²) < 4.78 is 7.80. The average Bonchev–Trinajstić information content (AvgIpc) is 3.10. The van der Waals surface area contributed by atoms with Crippen molar-refractivity contribution in [3.8, 4) is 0 Å². The summed E-state index contributed by atoms with van der Waals surface area (Å²) >= 11 is 6.29. The molecule has 28 heavy (non-hydrogen) atoms. The van der Waals surface area contributed by atoms with E-state index in [2.05, 4.69) is 66.3 Å². The Labute approximate surface area is 173 Å². The first kappa shape index (κ1) is 20.7. The fourth-order valence-electron chi connectivity index (χ4n) is 3.79. The van der Waals surface area contributed by atoms with E-state index in [1.807, 2.05) is 12.1 Å². The van der Waals surface area contributed by atoms with Gasteiger partial charge in [-0.1, -0.05) is 23.7 Å². The lowest BCUT2D eigenvalue weighted by atomic mass is 9.74. The molecule has 0 radical (unpaired) electrons. The highest BCUT2D eigenvalue weighted by Crippen LogP contribution is 2.36. The van der Waals surface area contributed by atoms with Crippen molar-refractivity contribution in [2.75, 3.05) is 33.4 Å². The molecule has 2 aromatic rings. The van der Waals surface area contributed by atoms with Gasteiger partial charge in [0.25, 0.3) is 0 Å². The predicted molar refractivity (Wildman–Crippen MR) is 116 cm³/mol. The number of rotatable bonds is 6. The van der Waals surface area contributed by atoms with Gasteiger partial charge in [0.1, 0.15) is 0 Å². The Kier molecular flexibility index (Phi) is 7.03. The number of nitrogens with zero attached hydrogens (tertiary/aromatic N) is 3. The molecule has 0 aliphatic carbocycles. The van der Waals surface area contributed by atoms with Crippen LogP contribution in [0.3, 0.4) is 0 Å². The van der Waals surface area contributed by atoms with Crippen LogP contribution in [0.2, 0.25) is 5.02 Å². The van der Waals surface area contributed by atoms with Gasteiger partial charge in [-0.25, -0.2) is 0 Å². The van der Waals surface area contributed by atoms with E-state index in [0.717, 1.165) is 56.7 Å². The van der Waals surface area contributed by atoms with Gasteiger partial charge in [-0.2, -0.15) is 0 Å². The van der Waals surface area contributed by atoms with Crippen LogP contribution in [0.4, 0.5) is 0 Å². The van der Waals surface area contributed by atoms with Gasteiger partial charge in [-0.05, 0) is 49.6 Å². The Morgan fingerprint density at radius 2 is 2.07 bits per heavy atom. The van der Waals surface area contributed by atoms with Crippen LogP contribution in [0, 0.1) is 0 Å². The lowest BCUT2D eigenvalue weighted by Gasteiger charge is -2.37. The lowest BCUT2D eigenvalue weighted by molar-refractivity contribution is 0.0530. The number of hydrogen-bond acceptors (Lipinski definition) is 2. The molecule has 1 saturated heterocycles. The average molecular weight is 403 g/mol. The van der Waals surface area contributed by atoms with Gasteiger partial charge >= 0.3 is 0 Å². The molecule has 152 valence electrons. The highest BCUT2D eigenvalue weighted by Gasteiger charge is 2.34. The molecule has 2 heterocycles. The molecule has 1 aromatic heterocycles. The summed E-state index contributed by atoms with van der Waals surface area (Å²) in [5, 5.41) is 4.22. The number of halogens is 1. The Balaban J connectivity index is 1.83. The molecule has 1 aromatic carbocycles. The first-order chi connectivity index (χ1) is 13.5. The minimum Gasteiger partial charge on any atom is -0.381 e. The number of aliphatic imine (C=N–C) groups is 1. The minimum atomic E-state index is -0.0321. The van der Waals surface area contributed by atoms with E-state index in [1.165, 1.54) is 11.3 Å². The molecular weight excluding hydrogens is 372 g/mol. The van der Waals surface area contributed by atoms with Gasteiger partial charge in [0, 0.05) is 56.2 Å². The van der Waals surface area contributed by atoms with Crippen LogP contribution in [0.1, 0.15) is 31.0 Å². The van der Waals surface area contributed by atoms with Gasteiger partial charge < -0.3 is 19.5 Å². The molecule has 6 heteroatoms. The van der Waals surface area contributed by atoms with E-state index in [-0.39, 0.29) is 5.41 Å². The largest absolute Gasteiger partial charge is 0.381 e. The second kappa shape index (κ2) is 9.48. The molecule has 0 amide bonds. The van der Waals surface area contributed by atoms with Crippen LogP contribution >= 0.6 is 11.6 Å². The molecule has 0 unspecified atom stereocenters. The maximum Gasteiger partial charge on any atom is 0.194 e. The molecule has 1 aliphatic heterocycles. The quantitative estimate of drug-likeness (QED) is 0.589. The van der Waals surface area contributed by atoms with Crippen LogP contribution < -0.4 is 5.32 Å². The Hall–Kier alpha value is -1.98. The Morgan fingerprint density at radius 3 is 2.71 bits per heavy atom. The summed E-state index contributed by atoms with van der Waals surface area (Å²) in [6.07, 6.45) is 3.99. The first-order valence-corrected chi connectivity index (χ1v) is 10.4. The van der Waals surface area contributed by atoms with Crippen molar-refractivity contribution in [3.05, 3.63) is 58.9 Å². The van der Waals surface area contributed by atoms with Gasteiger partial charge in [0.15, 0.2) is 5.96 Å². The van der Waals surface area contributed by atoms with Crippen molar-refractivity contribution in [2.24, 2.45) is 12.0 Å². The van der Waals surface area contributed by atoms with Crippen molar-refractivity contribution in [1.29, 1.82) is 0 Å². The normalized spacial score (nSPS) is 16.8. The molecule has 0 saturated carbocycles. The predicted octanol–water partition coefficient (Wildman–Crippen LogP) is 3.82. The number of ether oxygens (including phenoxy) is 1. The van der Waals surface area contributed by atoms with E-state index in [0.29, 0.717) is 0 Å². The molecule has 1 N–H and O–H groups in total. The van der Waals surface area contributed by atoms with Gasteiger partial charge in [-0.3, -0.25) is 4.99 Å². The van der Waals surface area contributed by atoms with Crippen molar-refractivity contribution in [1.82, 2.24) is 14.8 Å². The lowest BCUT2D eigenvalue weighted by Crippen LogP contribution is -2.42. The summed E-state index contributed by atoms with van der Waals surface area (Å²) in [5.41, 5.74) is 2.48. The third-order valence-corrected chi connectivity index (χ3v) is 5.80. The summed E-state index contributed by atoms with van der Waals surface area (Å²) in [5.74, 6) is 0.927. The molecule has 0 bridgehead atoms. The number of hydrogen-bond donors (Lipinski definition) is 1. The van der Waals surface area contributed by atoms with E-state index < -0.39 is 0 Å². The summed E-state index contributed by atoms with van der Waals surface area (Å²) in [6, 6.07) is 12.4. The molecule has 0 spiro atoms. The van der Waals surface area contributed by atoms with Crippen molar-refractivity contribution in [2.45, 2.75) is 31.7 Å². The monoisotopic (exact) mass is 402 g/mol. The van der Waals surface area contributed by atoms with Gasteiger partial charge in [0.05, 0.1) is 13.1 Å². The zero-order chi connectivity index (χ0) is 20.0. The number of aryl methyl sites for hydroxylation is 1. The van der Waals surface area contributed by atoms with Crippen molar-refractivity contribution < 1.29 is 4.74 Å². The number of aromatic nitrogens is 1. The molecule has 5 nitrogen and oxygen atoms in total. The highest BCUT2D eigenvalue weighted by molar-refractivity contribution is 6.30. The second-order valence-electron chi connectivity index (χ2n) is 7.54. The van der Waals surface area contributed by atoms with Crippen molar-refractivity contribution in [3.63, 3.8) is 0 Å². The molecule has 0 atom stereocenters. The van der Waals surface area contributed by atoms with Crippen LogP contribution in [0.15, 0.2) is 47.6 Å². The van der Waals surface area contributed by atoms with E-state index in [9.17, 15) is 0 Å². The molecule has 3 rings (SSSR count). The Bertz CT molecular complexity index is 795. The molecule has 1 fully saturated rings. The topological polar surface area (TPSA) is 41.8 Å². The number of benzene rings is 1. The van der Waals surface area contributed by atoms with E-state index >= 15 is 0 Å². The molecular formula is C22H31ClN4O. The number of guanidine groups is 1. The Morgan fingerprint density at radius 1 is 1.29 bits per heavy atom. The van der Waals surface area contributed by atoms with Gasteiger partial charge in [0.2, 0.25) is 0 Å². The third-order valence-electron chi connectivity index (χ3n) is 5.57. The minimum absolute atomic E-state index is 0.0321. The fraction of sp³-hybridized carbons (Fsp3) is 0.500. The zero-order valence-electron chi connectivity index (χ0n) is 17.1. The van der Waals surface area contributed by atoms with Crippen LogP contribution in [-0.4, -0.2) is 48.8 Å². The molecule has 1 aliphatic rings. The maximum absolute atomic E-state index is 6.29. The third kappa shape index (κ3) is 4.89. The number of nitrogens with one attached hydrogen (secondary N) is 1. The maximum atomic E-state index is 6.29. The van der Waals surface area contributed by atoms with Crippen molar-refractivity contribution >= 4 is 17.6 Å². The summed E-state index contributed by atoms with van der Waals surface area (Å²) in [4.78, 5) is 7.23. The van der Waals surface area contributed by atoms with E-state index in [4.69, 9.17) is 21.3 Å². The van der Waals surface area contributed by atoms with Gasteiger partial charge in [-0.15, -0.1) is 0 Å². The second-order valence-corrected chi connectivity index (χ2v) is 7.98. The smallest absolute Gasteiger partial charge is 0.194 e. The highest BCUT2D eigenvalue weighted by atomic mass is 35.5. The summed E-state index contributed by atoms with van der Waals surface area (Å²) in [7, 11) is 4.16. The first-order valence-electron chi connectivity index (χ1n) is 9.97. The fourth-order valence-corrected chi connectivity index (χ4v) is 3.98. The summed E-state index contributed by atoms with van der Waals surface area (Å²) in [6.45, 7) is 5.99. The van der Waals surface area contributed by atoms with Crippen LogP contribution in [0.5, 0.6) is 0 Å². The zero-order valence-corrected chi connectivity index (χ0v) is 17.9. The van der Waals surface area contributed by atoms with Crippen LogP contribution in [-0.2, 0) is 23.7 Å².